The number of aromatic nitrogens is 3. The lowest BCUT2D eigenvalue weighted by Crippen LogP contribution is -2.03. The molecule has 0 amide bonds. The number of hydrogen-bond acceptors (Lipinski definition) is 2. The fourth-order valence-corrected chi connectivity index (χ4v) is 1.42. The molecule has 1 atom stereocenters. The smallest absolute Gasteiger partial charge is 0.154 e. The maximum atomic E-state index is 13.4. The van der Waals surface area contributed by atoms with Crippen LogP contribution in [0.25, 0.3) is 5.69 Å². The molecule has 17 heavy (non-hydrogen) atoms. The maximum absolute atomic E-state index is 13.4. The van der Waals surface area contributed by atoms with Gasteiger partial charge in [0, 0.05) is 12.1 Å². The molecule has 0 saturated carbocycles. The van der Waals surface area contributed by atoms with Gasteiger partial charge in [-0.25, -0.2) is 17.9 Å². The van der Waals surface area contributed by atoms with Crippen molar-refractivity contribution in [2.24, 2.45) is 0 Å². The molecular weight excluding hydrogens is 255 g/mol. The van der Waals surface area contributed by atoms with E-state index in [0.717, 1.165) is 4.68 Å². The lowest BCUT2D eigenvalue weighted by atomic mass is 10.3. The molecule has 1 aromatic carbocycles. The van der Waals surface area contributed by atoms with Gasteiger partial charge in [-0.2, -0.15) is 0 Å². The van der Waals surface area contributed by atoms with Crippen molar-refractivity contribution in [3.05, 3.63) is 41.5 Å². The molecule has 0 fully saturated rings. The zero-order valence-corrected chi connectivity index (χ0v) is 9.42. The molecule has 0 radical (unpaired) electrons. The van der Waals surface area contributed by atoms with Gasteiger partial charge in [0.15, 0.2) is 11.6 Å². The van der Waals surface area contributed by atoms with Crippen LogP contribution < -0.4 is 0 Å². The number of nitrogens with zero attached hydrogens (tertiary/aromatic N) is 3. The van der Waals surface area contributed by atoms with Crippen LogP contribution >= 0.6 is 11.6 Å². The van der Waals surface area contributed by atoms with E-state index < -0.39 is 28.5 Å². The van der Waals surface area contributed by atoms with E-state index in [2.05, 4.69) is 10.3 Å². The van der Waals surface area contributed by atoms with Gasteiger partial charge in [0.05, 0.1) is 11.6 Å². The Morgan fingerprint density at radius 3 is 2.29 bits per heavy atom. The maximum Gasteiger partial charge on any atom is 0.154 e. The molecule has 2 rings (SSSR count). The van der Waals surface area contributed by atoms with Crippen molar-refractivity contribution in [1.29, 1.82) is 0 Å². The summed E-state index contributed by atoms with van der Waals surface area (Å²) < 4.78 is 40.4. The topological polar surface area (TPSA) is 30.7 Å². The van der Waals surface area contributed by atoms with Gasteiger partial charge in [-0.05, 0) is 6.92 Å². The zero-order valence-electron chi connectivity index (χ0n) is 8.66. The third-order valence-electron chi connectivity index (χ3n) is 2.13. The minimum Gasteiger partial charge on any atom is -0.214 e. The van der Waals surface area contributed by atoms with Crippen molar-refractivity contribution >= 4 is 11.6 Å². The highest BCUT2D eigenvalue weighted by Gasteiger charge is 2.16. The molecule has 0 N–H and O–H groups in total. The molecule has 90 valence electrons. The van der Waals surface area contributed by atoms with Gasteiger partial charge in [-0.15, -0.1) is 16.7 Å². The van der Waals surface area contributed by atoms with E-state index in [1.807, 2.05) is 0 Å². The highest BCUT2D eigenvalue weighted by atomic mass is 35.5. The summed E-state index contributed by atoms with van der Waals surface area (Å²) in [5.74, 6) is -3.10. The van der Waals surface area contributed by atoms with Gasteiger partial charge >= 0.3 is 0 Å². The first kappa shape index (κ1) is 11.9. The van der Waals surface area contributed by atoms with Crippen molar-refractivity contribution < 1.29 is 13.2 Å². The normalized spacial score (nSPS) is 12.8. The predicted octanol–water partition coefficient (Wildman–Crippen LogP) is 2.98. The van der Waals surface area contributed by atoms with Crippen LogP contribution in [0.1, 0.15) is 18.0 Å². The molecule has 3 nitrogen and oxygen atoms in total. The quantitative estimate of drug-likeness (QED) is 0.778. The number of rotatable bonds is 2. The van der Waals surface area contributed by atoms with Crippen molar-refractivity contribution in [3.63, 3.8) is 0 Å². The summed E-state index contributed by atoms with van der Waals surface area (Å²) in [6.45, 7) is 1.65. The van der Waals surface area contributed by atoms with Crippen LogP contribution in [0.2, 0.25) is 0 Å². The van der Waals surface area contributed by atoms with Crippen molar-refractivity contribution in [2.45, 2.75) is 12.3 Å². The average molecular weight is 262 g/mol. The molecule has 0 aliphatic carbocycles. The first-order valence-corrected chi connectivity index (χ1v) is 5.14. The minimum absolute atomic E-state index is 0.370. The Hall–Kier alpha value is -1.56. The standard InChI is InChI=1S/C10H7ClF3N3/c1-5(11)9-4-17(16-15-9)10-7(13)2-6(12)3-8(10)14/h2-5H,1H3. The van der Waals surface area contributed by atoms with Gasteiger partial charge in [-0.3, -0.25) is 0 Å². The van der Waals surface area contributed by atoms with E-state index in [4.69, 9.17) is 11.6 Å². The van der Waals surface area contributed by atoms with Crippen LogP contribution in [-0.4, -0.2) is 15.0 Å². The lowest BCUT2D eigenvalue weighted by Gasteiger charge is -2.03. The Morgan fingerprint density at radius 1 is 1.24 bits per heavy atom. The lowest BCUT2D eigenvalue weighted by molar-refractivity contribution is 0.526. The zero-order chi connectivity index (χ0) is 12.6. The third-order valence-corrected chi connectivity index (χ3v) is 2.35. The first-order chi connectivity index (χ1) is 7.99. The van der Waals surface area contributed by atoms with Crippen LogP contribution in [0.5, 0.6) is 0 Å². The molecule has 0 aliphatic heterocycles. The third kappa shape index (κ3) is 2.26. The molecule has 1 heterocycles. The highest BCUT2D eigenvalue weighted by Crippen LogP contribution is 2.21. The Balaban J connectivity index is 2.52. The Bertz CT molecular complexity index is 530. The Kier molecular flexibility index (Phi) is 3.06. The van der Waals surface area contributed by atoms with E-state index in [1.165, 1.54) is 6.20 Å². The van der Waals surface area contributed by atoms with E-state index in [1.54, 1.807) is 6.92 Å². The van der Waals surface area contributed by atoms with Crippen molar-refractivity contribution in [1.82, 2.24) is 15.0 Å². The van der Waals surface area contributed by atoms with Crippen LogP contribution in [0.3, 0.4) is 0 Å². The van der Waals surface area contributed by atoms with Gasteiger partial charge in [0.1, 0.15) is 17.2 Å². The fraction of sp³-hybridized carbons (Fsp3) is 0.200. The van der Waals surface area contributed by atoms with Gasteiger partial charge in [-0.1, -0.05) is 5.21 Å². The largest absolute Gasteiger partial charge is 0.214 e. The molecule has 0 bridgehead atoms. The second-order valence-corrected chi connectivity index (χ2v) is 4.08. The van der Waals surface area contributed by atoms with E-state index in [9.17, 15) is 13.2 Å². The number of alkyl halides is 1. The highest BCUT2D eigenvalue weighted by molar-refractivity contribution is 6.20. The molecule has 1 aromatic heterocycles. The fourth-order valence-electron chi connectivity index (χ4n) is 1.32. The molecule has 7 heteroatoms. The van der Waals surface area contributed by atoms with E-state index >= 15 is 0 Å². The Morgan fingerprint density at radius 2 is 1.82 bits per heavy atom. The second kappa shape index (κ2) is 4.37. The second-order valence-electron chi connectivity index (χ2n) is 3.42. The van der Waals surface area contributed by atoms with Crippen LogP contribution in [0, 0.1) is 17.5 Å². The summed E-state index contributed by atoms with van der Waals surface area (Å²) in [6, 6.07) is 1.15. The summed E-state index contributed by atoms with van der Waals surface area (Å²) in [6.07, 6.45) is 1.29. The summed E-state index contributed by atoms with van der Waals surface area (Å²) >= 11 is 5.75. The summed E-state index contributed by atoms with van der Waals surface area (Å²) in [5, 5.41) is 6.75. The number of halogens is 4. The van der Waals surface area contributed by atoms with Crippen molar-refractivity contribution in [3.8, 4) is 5.69 Å². The van der Waals surface area contributed by atoms with E-state index in [-0.39, 0.29) is 0 Å². The average Bonchev–Trinajstić information content (AvgIpc) is 2.65. The van der Waals surface area contributed by atoms with Crippen LogP contribution in [-0.2, 0) is 0 Å². The first-order valence-electron chi connectivity index (χ1n) is 4.70. The molecule has 2 aromatic rings. The molecule has 0 spiro atoms. The van der Waals surface area contributed by atoms with Crippen LogP contribution in [0.15, 0.2) is 18.3 Å². The van der Waals surface area contributed by atoms with Crippen LogP contribution in [0.4, 0.5) is 13.2 Å². The summed E-state index contributed by atoms with van der Waals surface area (Å²) in [5.41, 5.74) is -0.114. The number of hydrogen-bond donors (Lipinski definition) is 0. The van der Waals surface area contributed by atoms with Crippen molar-refractivity contribution in [2.75, 3.05) is 0 Å². The summed E-state index contributed by atoms with van der Waals surface area (Å²) in [4.78, 5) is 0. The molecule has 1 unspecified atom stereocenters. The van der Waals surface area contributed by atoms with Gasteiger partial charge in [0.2, 0.25) is 0 Å². The van der Waals surface area contributed by atoms with E-state index in [0.29, 0.717) is 17.8 Å². The minimum atomic E-state index is -1.05. The molecule has 0 aliphatic rings. The predicted molar refractivity (Wildman–Crippen MR) is 55.5 cm³/mol. The molecule has 0 saturated heterocycles. The Labute approximate surface area is 99.8 Å². The van der Waals surface area contributed by atoms with Gasteiger partial charge < -0.3 is 0 Å². The number of benzene rings is 1. The monoisotopic (exact) mass is 261 g/mol. The summed E-state index contributed by atoms with van der Waals surface area (Å²) in [7, 11) is 0. The molecular formula is C10H7ClF3N3. The van der Waals surface area contributed by atoms with Gasteiger partial charge in [0.25, 0.3) is 0 Å². The SMILES string of the molecule is CC(Cl)c1cn(-c2c(F)cc(F)cc2F)nn1.